The number of hydrogen-bond acceptors (Lipinski definition) is 4. The Hall–Kier alpha value is -3.17. The SMILES string of the molecule is CCCCCCCCS(=O)(=O)NC(=O)c1ccc(COCc2ccc(-c3ccc(C(F)(F)F)cc3)cc2)cc1. The van der Waals surface area contributed by atoms with Gasteiger partial charge in [0.15, 0.2) is 0 Å². The lowest BCUT2D eigenvalue weighted by Crippen LogP contribution is -2.32. The number of halogens is 3. The summed E-state index contributed by atoms with van der Waals surface area (Å²) < 4.78 is 70.5. The number of alkyl halides is 3. The van der Waals surface area contributed by atoms with E-state index in [1.165, 1.54) is 12.1 Å². The maximum Gasteiger partial charge on any atom is 0.416 e. The molecular weight excluding hydrogens is 527 g/mol. The van der Waals surface area contributed by atoms with Crippen molar-refractivity contribution in [1.29, 1.82) is 0 Å². The number of amides is 1. The van der Waals surface area contributed by atoms with E-state index in [0.29, 0.717) is 25.2 Å². The average molecular weight is 562 g/mol. The first-order valence-corrected chi connectivity index (χ1v) is 14.7. The van der Waals surface area contributed by atoms with Crippen LogP contribution < -0.4 is 4.72 Å². The first kappa shape index (κ1) is 30.4. The van der Waals surface area contributed by atoms with E-state index in [-0.39, 0.29) is 11.3 Å². The van der Waals surface area contributed by atoms with E-state index in [1.54, 1.807) is 24.3 Å². The standard InChI is InChI=1S/C30H34F3NO4S/c1-2-3-4-5-6-7-20-39(36,37)34-29(35)27-14-10-24(11-15-27)22-38-21-23-8-12-25(13-9-23)26-16-18-28(19-17-26)30(31,32)33/h8-19H,2-7,20-22H2,1H3,(H,34,35). The summed E-state index contributed by atoms with van der Waals surface area (Å²) in [6.45, 7) is 2.74. The summed E-state index contributed by atoms with van der Waals surface area (Å²) in [4.78, 5) is 12.4. The van der Waals surface area contributed by atoms with Gasteiger partial charge in [-0.15, -0.1) is 0 Å². The number of carbonyl (C=O) groups excluding carboxylic acids is 1. The summed E-state index contributed by atoms with van der Waals surface area (Å²) in [6, 6.07) is 18.9. The fourth-order valence-electron chi connectivity index (χ4n) is 4.01. The van der Waals surface area contributed by atoms with Crippen LogP contribution in [0.1, 0.15) is 72.5 Å². The normalized spacial score (nSPS) is 11.9. The first-order chi connectivity index (χ1) is 18.6. The third-order valence-electron chi connectivity index (χ3n) is 6.27. The molecule has 1 N–H and O–H groups in total. The van der Waals surface area contributed by atoms with Crippen LogP contribution in [0.3, 0.4) is 0 Å². The lowest BCUT2D eigenvalue weighted by molar-refractivity contribution is -0.137. The first-order valence-electron chi connectivity index (χ1n) is 13.1. The summed E-state index contributed by atoms with van der Waals surface area (Å²) in [6.07, 6.45) is 1.36. The van der Waals surface area contributed by atoms with Crippen LogP contribution in [0.4, 0.5) is 13.2 Å². The fraction of sp³-hybridized carbons (Fsp3) is 0.367. The summed E-state index contributed by atoms with van der Waals surface area (Å²) in [5.41, 5.74) is 2.79. The Morgan fingerprint density at radius 2 is 1.23 bits per heavy atom. The number of unbranched alkanes of at least 4 members (excludes halogenated alkanes) is 5. The maximum atomic E-state index is 12.8. The van der Waals surface area contributed by atoms with Crippen molar-refractivity contribution in [3.8, 4) is 11.1 Å². The van der Waals surface area contributed by atoms with Crippen molar-refractivity contribution in [3.05, 3.63) is 95.1 Å². The van der Waals surface area contributed by atoms with Crippen LogP contribution in [0.25, 0.3) is 11.1 Å². The van der Waals surface area contributed by atoms with E-state index in [1.807, 2.05) is 24.3 Å². The van der Waals surface area contributed by atoms with Gasteiger partial charge in [0.25, 0.3) is 5.91 Å². The molecule has 5 nitrogen and oxygen atoms in total. The highest BCUT2D eigenvalue weighted by molar-refractivity contribution is 7.90. The summed E-state index contributed by atoms with van der Waals surface area (Å²) in [5.74, 6) is -0.719. The van der Waals surface area contributed by atoms with Gasteiger partial charge in [-0.25, -0.2) is 13.1 Å². The maximum absolute atomic E-state index is 12.8. The highest BCUT2D eigenvalue weighted by Gasteiger charge is 2.29. The minimum absolute atomic E-state index is 0.0674. The lowest BCUT2D eigenvalue weighted by Gasteiger charge is -2.09. The van der Waals surface area contributed by atoms with Gasteiger partial charge in [-0.3, -0.25) is 4.79 Å². The van der Waals surface area contributed by atoms with Gasteiger partial charge in [-0.05, 0) is 52.9 Å². The quantitative estimate of drug-likeness (QED) is 0.207. The molecule has 0 saturated heterocycles. The van der Waals surface area contributed by atoms with Gasteiger partial charge in [-0.2, -0.15) is 13.2 Å². The molecule has 0 aliphatic carbocycles. The van der Waals surface area contributed by atoms with Gasteiger partial charge in [0.05, 0.1) is 24.5 Å². The zero-order valence-electron chi connectivity index (χ0n) is 22.0. The van der Waals surface area contributed by atoms with E-state index < -0.39 is 27.7 Å². The van der Waals surface area contributed by atoms with Gasteiger partial charge >= 0.3 is 6.18 Å². The van der Waals surface area contributed by atoms with Crippen LogP contribution in [0, 0.1) is 0 Å². The van der Waals surface area contributed by atoms with E-state index in [0.717, 1.165) is 60.9 Å². The molecule has 0 aromatic heterocycles. The smallest absolute Gasteiger partial charge is 0.372 e. The molecule has 3 aromatic carbocycles. The molecule has 0 aliphatic rings. The molecule has 0 atom stereocenters. The van der Waals surface area contributed by atoms with Crippen LogP contribution >= 0.6 is 0 Å². The minimum Gasteiger partial charge on any atom is -0.372 e. The molecule has 39 heavy (non-hydrogen) atoms. The Bertz CT molecular complexity index is 1290. The molecule has 0 spiro atoms. The molecule has 0 aliphatic heterocycles. The molecule has 1 amide bonds. The molecule has 0 bridgehead atoms. The number of sulfonamides is 1. The van der Waals surface area contributed by atoms with Crippen LogP contribution in [0.15, 0.2) is 72.8 Å². The van der Waals surface area contributed by atoms with Crippen molar-refractivity contribution < 1.29 is 31.1 Å². The Labute approximate surface area is 228 Å². The van der Waals surface area contributed by atoms with Crippen LogP contribution in [-0.2, 0) is 34.2 Å². The molecular formula is C30H34F3NO4S. The Morgan fingerprint density at radius 1 is 0.744 bits per heavy atom. The van der Waals surface area contributed by atoms with Crippen molar-refractivity contribution >= 4 is 15.9 Å². The highest BCUT2D eigenvalue weighted by atomic mass is 32.2. The fourth-order valence-corrected chi connectivity index (χ4v) is 5.09. The molecule has 0 fully saturated rings. The molecule has 3 aromatic rings. The van der Waals surface area contributed by atoms with Crippen LogP contribution in [0.2, 0.25) is 0 Å². The molecule has 0 heterocycles. The summed E-state index contributed by atoms with van der Waals surface area (Å²) >= 11 is 0. The largest absolute Gasteiger partial charge is 0.416 e. The highest BCUT2D eigenvalue weighted by Crippen LogP contribution is 2.31. The topological polar surface area (TPSA) is 72.5 Å². The van der Waals surface area contributed by atoms with Gasteiger partial charge in [0.2, 0.25) is 10.0 Å². The third-order valence-corrected chi connectivity index (χ3v) is 7.59. The van der Waals surface area contributed by atoms with Gasteiger partial charge in [0, 0.05) is 5.56 Å². The minimum atomic E-state index is -4.36. The number of carbonyl (C=O) groups is 1. The number of rotatable bonds is 14. The van der Waals surface area contributed by atoms with Crippen molar-refractivity contribution in [3.63, 3.8) is 0 Å². The van der Waals surface area contributed by atoms with E-state index in [4.69, 9.17) is 4.74 Å². The average Bonchev–Trinajstić information content (AvgIpc) is 2.91. The molecule has 0 radical (unpaired) electrons. The van der Waals surface area contributed by atoms with Crippen molar-refractivity contribution in [2.75, 3.05) is 5.75 Å². The zero-order chi connectivity index (χ0) is 28.3. The van der Waals surface area contributed by atoms with Crippen molar-refractivity contribution in [2.24, 2.45) is 0 Å². The van der Waals surface area contributed by atoms with Crippen LogP contribution in [0.5, 0.6) is 0 Å². The third kappa shape index (κ3) is 10.1. The predicted molar refractivity (Wildman–Crippen MR) is 146 cm³/mol. The summed E-state index contributed by atoms with van der Waals surface area (Å²) in [7, 11) is -3.67. The number of benzene rings is 3. The molecule has 3 rings (SSSR count). The Balaban J connectivity index is 1.43. The molecule has 0 saturated carbocycles. The Morgan fingerprint density at radius 3 is 1.77 bits per heavy atom. The number of hydrogen-bond donors (Lipinski definition) is 1. The van der Waals surface area contributed by atoms with Crippen LogP contribution in [-0.4, -0.2) is 20.1 Å². The van der Waals surface area contributed by atoms with Gasteiger partial charge in [-0.1, -0.05) is 87.6 Å². The van der Waals surface area contributed by atoms with Gasteiger partial charge < -0.3 is 4.74 Å². The van der Waals surface area contributed by atoms with E-state index >= 15 is 0 Å². The second-order valence-corrected chi connectivity index (χ2v) is 11.3. The van der Waals surface area contributed by atoms with Crippen molar-refractivity contribution in [1.82, 2.24) is 4.72 Å². The van der Waals surface area contributed by atoms with E-state index in [2.05, 4.69) is 11.6 Å². The molecule has 0 unspecified atom stereocenters. The van der Waals surface area contributed by atoms with E-state index in [9.17, 15) is 26.4 Å². The van der Waals surface area contributed by atoms with Gasteiger partial charge in [0.1, 0.15) is 0 Å². The molecule has 210 valence electrons. The number of ether oxygens (including phenoxy) is 1. The second kappa shape index (κ2) is 14.3. The predicted octanol–water partition coefficient (Wildman–Crippen LogP) is 7.51. The number of nitrogens with one attached hydrogen (secondary N) is 1. The summed E-state index contributed by atoms with van der Waals surface area (Å²) in [5, 5.41) is 0. The monoisotopic (exact) mass is 561 g/mol. The Kier molecular flexibility index (Phi) is 11.1. The molecule has 9 heteroatoms. The van der Waals surface area contributed by atoms with Crippen molar-refractivity contribution in [2.45, 2.75) is 64.8 Å². The lowest BCUT2D eigenvalue weighted by atomic mass is 10.0. The second-order valence-electron chi connectivity index (χ2n) is 9.48. The zero-order valence-corrected chi connectivity index (χ0v) is 22.8.